The van der Waals surface area contributed by atoms with Crippen molar-refractivity contribution >= 4 is 29.2 Å². The minimum absolute atomic E-state index is 0.173. The number of fused-ring (bicyclic) bond motifs is 1. The van der Waals surface area contributed by atoms with Crippen LogP contribution >= 0.6 is 11.8 Å². The molecule has 2 heterocycles. The van der Waals surface area contributed by atoms with Crippen molar-refractivity contribution in [2.45, 2.75) is 18.2 Å². The summed E-state index contributed by atoms with van der Waals surface area (Å²) in [6.45, 7) is 3.20. The van der Waals surface area contributed by atoms with Gasteiger partial charge in [0.2, 0.25) is 0 Å². The number of amidine groups is 1. The average Bonchev–Trinajstić information content (AvgIpc) is 2.98. The first-order valence-electron chi connectivity index (χ1n) is 7.20. The van der Waals surface area contributed by atoms with Crippen molar-refractivity contribution in [2.24, 2.45) is 9.98 Å². The minimum atomic E-state index is -0.173. The Balaban J connectivity index is 2.00. The van der Waals surface area contributed by atoms with Gasteiger partial charge in [0, 0.05) is 11.4 Å². The van der Waals surface area contributed by atoms with E-state index >= 15 is 0 Å². The highest BCUT2D eigenvalue weighted by Crippen LogP contribution is 2.29. The fourth-order valence-electron chi connectivity index (χ4n) is 2.26. The third-order valence-corrected chi connectivity index (χ3v) is 4.08. The maximum absolute atomic E-state index is 11.8. The SMILES string of the molecule is CCCOc1cc(SC)ccc1C1=NC2=CCNC(=O)C2=N1. The van der Waals surface area contributed by atoms with Crippen LogP contribution in [0.3, 0.4) is 0 Å². The number of hydrogen-bond donors (Lipinski definition) is 1. The molecule has 0 atom stereocenters. The van der Waals surface area contributed by atoms with Crippen molar-refractivity contribution in [1.29, 1.82) is 0 Å². The fourth-order valence-corrected chi connectivity index (χ4v) is 2.68. The highest BCUT2D eigenvalue weighted by Gasteiger charge is 2.27. The molecule has 0 aliphatic carbocycles. The molecule has 6 heteroatoms. The lowest BCUT2D eigenvalue weighted by atomic mass is 10.2. The van der Waals surface area contributed by atoms with Crippen LogP contribution in [0, 0.1) is 0 Å². The highest BCUT2D eigenvalue weighted by molar-refractivity contribution is 7.98. The van der Waals surface area contributed by atoms with Crippen molar-refractivity contribution in [3.8, 4) is 5.75 Å². The molecule has 0 unspecified atom stereocenters. The molecular formula is C16H17N3O2S. The average molecular weight is 315 g/mol. The van der Waals surface area contributed by atoms with E-state index in [1.165, 1.54) is 0 Å². The molecule has 1 aromatic carbocycles. The van der Waals surface area contributed by atoms with Crippen molar-refractivity contribution in [3.05, 3.63) is 35.5 Å². The Labute approximate surface area is 133 Å². The molecule has 114 valence electrons. The first-order valence-corrected chi connectivity index (χ1v) is 8.42. The summed E-state index contributed by atoms with van der Waals surface area (Å²) < 4.78 is 5.84. The summed E-state index contributed by atoms with van der Waals surface area (Å²) in [4.78, 5) is 21.8. The number of nitrogens with zero attached hydrogens (tertiary/aromatic N) is 2. The van der Waals surface area contributed by atoms with Gasteiger partial charge in [0.25, 0.3) is 5.91 Å². The third-order valence-electron chi connectivity index (χ3n) is 3.35. The molecule has 2 aliphatic rings. The molecule has 1 N–H and O–H groups in total. The van der Waals surface area contributed by atoms with E-state index in [0.29, 0.717) is 30.4 Å². The quantitative estimate of drug-likeness (QED) is 0.849. The molecule has 5 nitrogen and oxygen atoms in total. The van der Waals surface area contributed by atoms with E-state index in [0.717, 1.165) is 22.6 Å². The third kappa shape index (κ3) is 2.78. The van der Waals surface area contributed by atoms with Crippen LogP contribution in [-0.2, 0) is 4.79 Å². The Morgan fingerprint density at radius 1 is 1.36 bits per heavy atom. The van der Waals surface area contributed by atoms with Crippen molar-refractivity contribution in [1.82, 2.24) is 5.32 Å². The van der Waals surface area contributed by atoms with Crippen LogP contribution in [0.1, 0.15) is 18.9 Å². The molecule has 0 radical (unpaired) electrons. The van der Waals surface area contributed by atoms with Gasteiger partial charge in [-0.05, 0) is 37.0 Å². The number of carbonyl (C=O) groups is 1. The van der Waals surface area contributed by atoms with E-state index in [2.05, 4.69) is 22.2 Å². The number of ether oxygens (including phenoxy) is 1. The van der Waals surface area contributed by atoms with E-state index in [1.807, 2.05) is 30.5 Å². The highest BCUT2D eigenvalue weighted by atomic mass is 32.2. The number of nitrogens with one attached hydrogen (secondary N) is 1. The lowest BCUT2D eigenvalue weighted by Crippen LogP contribution is -2.35. The van der Waals surface area contributed by atoms with Gasteiger partial charge in [0.15, 0.2) is 11.5 Å². The van der Waals surface area contributed by atoms with Crippen molar-refractivity contribution < 1.29 is 9.53 Å². The van der Waals surface area contributed by atoms with E-state index < -0.39 is 0 Å². The zero-order valence-electron chi connectivity index (χ0n) is 12.5. The Morgan fingerprint density at radius 3 is 2.95 bits per heavy atom. The van der Waals surface area contributed by atoms with Gasteiger partial charge >= 0.3 is 0 Å². The van der Waals surface area contributed by atoms with Crippen LogP contribution in [0.2, 0.25) is 0 Å². The standard InChI is InChI=1S/C16H17N3O2S/c1-3-8-21-13-9-10(22-2)4-5-11(13)15-18-12-6-7-17-16(20)14(12)19-15/h4-6,9H,3,7-8H2,1-2H3,(H,17,20). The first-order chi connectivity index (χ1) is 10.7. The molecule has 1 amide bonds. The van der Waals surface area contributed by atoms with Crippen LogP contribution in [-0.4, -0.2) is 36.9 Å². The van der Waals surface area contributed by atoms with E-state index in [1.54, 1.807) is 11.8 Å². The van der Waals surface area contributed by atoms with Crippen LogP contribution in [0.4, 0.5) is 0 Å². The summed E-state index contributed by atoms with van der Waals surface area (Å²) in [6, 6.07) is 5.96. The second-order valence-electron chi connectivity index (χ2n) is 4.91. The molecule has 0 fully saturated rings. The number of carbonyl (C=O) groups excluding carboxylic acids is 1. The number of thioether (sulfide) groups is 1. The van der Waals surface area contributed by atoms with Crippen LogP contribution < -0.4 is 10.1 Å². The van der Waals surface area contributed by atoms with Gasteiger partial charge in [-0.1, -0.05) is 6.92 Å². The molecule has 0 saturated carbocycles. The second kappa shape index (κ2) is 6.36. The Bertz CT molecular complexity index is 707. The molecule has 1 aromatic rings. The molecule has 3 rings (SSSR count). The predicted molar refractivity (Wildman–Crippen MR) is 89.1 cm³/mol. The summed E-state index contributed by atoms with van der Waals surface area (Å²) in [6.07, 6.45) is 4.82. The molecule has 2 aliphatic heterocycles. The van der Waals surface area contributed by atoms with E-state index in [9.17, 15) is 4.79 Å². The molecule has 22 heavy (non-hydrogen) atoms. The monoisotopic (exact) mass is 315 g/mol. The van der Waals surface area contributed by atoms with E-state index in [4.69, 9.17) is 4.74 Å². The van der Waals surface area contributed by atoms with Gasteiger partial charge in [0.05, 0.1) is 17.9 Å². The predicted octanol–water partition coefficient (Wildman–Crippen LogP) is 2.41. The molecule has 0 saturated heterocycles. The lowest BCUT2D eigenvalue weighted by molar-refractivity contribution is -0.114. The number of amides is 1. The summed E-state index contributed by atoms with van der Waals surface area (Å²) in [5, 5.41) is 2.74. The Morgan fingerprint density at radius 2 is 2.23 bits per heavy atom. The van der Waals surface area contributed by atoms with Crippen molar-refractivity contribution in [3.63, 3.8) is 0 Å². The topological polar surface area (TPSA) is 63.0 Å². The number of benzene rings is 1. The van der Waals surface area contributed by atoms with Gasteiger partial charge in [0.1, 0.15) is 5.75 Å². The summed E-state index contributed by atoms with van der Waals surface area (Å²) in [7, 11) is 0. The van der Waals surface area contributed by atoms with Gasteiger partial charge in [-0.2, -0.15) is 0 Å². The lowest BCUT2D eigenvalue weighted by Gasteiger charge is -2.11. The maximum atomic E-state index is 11.8. The Hall–Kier alpha value is -2.08. The van der Waals surface area contributed by atoms with Gasteiger partial charge in [-0.15, -0.1) is 11.8 Å². The van der Waals surface area contributed by atoms with Crippen LogP contribution in [0.5, 0.6) is 5.75 Å². The molecular weight excluding hydrogens is 298 g/mol. The van der Waals surface area contributed by atoms with Gasteiger partial charge in [-0.25, -0.2) is 9.98 Å². The summed E-state index contributed by atoms with van der Waals surface area (Å²) in [5.74, 6) is 1.13. The largest absolute Gasteiger partial charge is 0.493 e. The smallest absolute Gasteiger partial charge is 0.272 e. The van der Waals surface area contributed by atoms with Crippen LogP contribution in [0.25, 0.3) is 0 Å². The Kier molecular flexibility index (Phi) is 4.29. The maximum Gasteiger partial charge on any atom is 0.272 e. The zero-order valence-corrected chi connectivity index (χ0v) is 13.4. The number of aliphatic imine (C=N–C) groups is 2. The number of rotatable bonds is 5. The van der Waals surface area contributed by atoms with Crippen LogP contribution in [0.15, 0.2) is 44.9 Å². The summed E-state index contributed by atoms with van der Waals surface area (Å²) in [5.41, 5.74) is 1.85. The minimum Gasteiger partial charge on any atom is -0.493 e. The van der Waals surface area contributed by atoms with Gasteiger partial charge < -0.3 is 10.1 Å². The van der Waals surface area contributed by atoms with E-state index in [-0.39, 0.29) is 5.91 Å². The molecule has 0 bridgehead atoms. The van der Waals surface area contributed by atoms with Crippen molar-refractivity contribution in [2.75, 3.05) is 19.4 Å². The fraction of sp³-hybridized carbons (Fsp3) is 0.312. The summed E-state index contributed by atoms with van der Waals surface area (Å²) >= 11 is 1.66. The second-order valence-corrected chi connectivity index (χ2v) is 5.79. The van der Waals surface area contributed by atoms with Gasteiger partial charge in [-0.3, -0.25) is 4.79 Å². The molecule has 0 aromatic heterocycles. The normalized spacial score (nSPS) is 16.5. The first kappa shape index (κ1) is 14.8. The molecule has 0 spiro atoms. The zero-order chi connectivity index (χ0) is 15.5. The number of hydrogen-bond acceptors (Lipinski definition) is 5.